The van der Waals surface area contributed by atoms with Gasteiger partial charge in [0.25, 0.3) is 5.91 Å². The Balaban J connectivity index is 1.79. The summed E-state index contributed by atoms with van der Waals surface area (Å²) in [7, 11) is 0. The second kappa shape index (κ2) is 8.26. The van der Waals surface area contributed by atoms with Crippen LogP contribution in [-0.2, 0) is 6.42 Å². The maximum atomic E-state index is 11.8. The number of hydrogen-bond donors (Lipinski definition) is 3. The van der Waals surface area contributed by atoms with Gasteiger partial charge in [0.1, 0.15) is 11.6 Å². The number of H-pyrrole nitrogens is 1. The number of nitrogens with zero attached hydrogens (tertiary/aromatic N) is 3. The zero-order chi connectivity index (χ0) is 16.7. The first kappa shape index (κ1) is 16.9. The standard InChI is InChI=1S/C16H24N6O/c1-4-5-6-13-20-11(2)9-14(22-13)17-7-8-18-16(23)15-19-10-12(3)21-15/h9-10H,4-8H2,1-3H3,(H,18,23)(H,19,21)(H,17,20,22). The molecule has 0 aliphatic rings. The maximum absolute atomic E-state index is 11.8. The number of carbonyl (C=O) groups is 1. The van der Waals surface area contributed by atoms with Gasteiger partial charge in [-0.3, -0.25) is 4.79 Å². The predicted octanol–water partition coefficient (Wildman–Crippen LogP) is 2.00. The number of rotatable bonds is 8. The molecule has 7 heteroatoms. The smallest absolute Gasteiger partial charge is 0.287 e. The first-order valence-corrected chi connectivity index (χ1v) is 7.96. The van der Waals surface area contributed by atoms with Crippen LogP contribution in [0.5, 0.6) is 0 Å². The lowest BCUT2D eigenvalue weighted by atomic mass is 10.2. The van der Waals surface area contributed by atoms with Gasteiger partial charge >= 0.3 is 0 Å². The minimum atomic E-state index is -0.206. The Kier molecular flexibility index (Phi) is 6.08. The molecule has 0 aliphatic heterocycles. The fourth-order valence-corrected chi connectivity index (χ4v) is 2.15. The Hall–Kier alpha value is -2.44. The van der Waals surface area contributed by atoms with Crippen LogP contribution < -0.4 is 10.6 Å². The molecule has 2 heterocycles. The van der Waals surface area contributed by atoms with Gasteiger partial charge in [0.2, 0.25) is 0 Å². The van der Waals surface area contributed by atoms with E-state index in [1.807, 2.05) is 19.9 Å². The molecule has 0 radical (unpaired) electrons. The fourth-order valence-electron chi connectivity index (χ4n) is 2.15. The number of nitrogens with one attached hydrogen (secondary N) is 3. The third-order valence-electron chi connectivity index (χ3n) is 3.29. The van der Waals surface area contributed by atoms with Crippen molar-refractivity contribution in [2.75, 3.05) is 18.4 Å². The van der Waals surface area contributed by atoms with E-state index in [0.29, 0.717) is 18.9 Å². The molecular formula is C16H24N6O. The minimum absolute atomic E-state index is 0.206. The van der Waals surface area contributed by atoms with Gasteiger partial charge in [0, 0.05) is 43.2 Å². The van der Waals surface area contributed by atoms with Gasteiger partial charge in [-0.25, -0.2) is 15.0 Å². The van der Waals surface area contributed by atoms with E-state index in [-0.39, 0.29) is 5.91 Å². The number of amides is 1. The van der Waals surface area contributed by atoms with E-state index in [1.54, 1.807) is 6.20 Å². The lowest BCUT2D eigenvalue weighted by molar-refractivity contribution is 0.0945. The van der Waals surface area contributed by atoms with Crippen molar-refractivity contribution >= 4 is 11.7 Å². The van der Waals surface area contributed by atoms with Crippen molar-refractivity contribution < 1.29 is 4.79 Å². The lowest BCUT2D eigenvalue weighted by Gasteiger charge is -2.09. The van der Waals surface area contributed by atoms with Crippen LogP contribution in [0.1, 0.15) is 47.6 Å². The van der Waals surface area contributed by atoms with Crippen molar-refractivity contribution in [3.05, 3.63) is 35.3 Å². The predicted molar refractivity (Wildman–Crippen MR) is 89.5 cm³/mol. The molecule has 1 amide bonds. The molecule has 3 N–H and O–H groups in total. The molecule has 0 atom stereocenters. The van der Waals surface area contributed by atoms with Crippen LogP contribution in [0.15, 0.2) is 12.3 Å². The molecule has 2 rings (SSSR count). The number of aromatic nitrogens is 4. The van der Waals surface area contributed by atoms with E-state index in [9.17, 15) is 4.79 Å². The normalized spacial score (nSPS) is 10.6. The molecule has 0 aliphatic carbocycles. The largest absolute Gasteiger partial charge is 0.368 e. The number of anilines is 1. The van der Waals surface area contributed by atoms with Crippen molar-refractivity contribution in [2.24, 2.45) is 0 Å². The van der Waals surface area contributed by atoms with Crippen LogP contribution in [0.3, 0.4) is 0 Å². The number of carbonyl (C=O) groups excluding carboxylic acids is 1. The maximum Gasteiger partial charge on any atom is 0.287 e. The quantitative estimate of drug-likeness (QED) is 0.647. The molecule has 0 fully saturated rings. The van der Waals surface area contributed by atoms with E-state index >= 15 is 0 Å². The monoisotopic (exact) mass is 316 g/mol. The molecule has 0 saturated heterocycles. The molecular weight excluding hydrogens is 292 g/mol. The van der Waals surface area contributed by atoms with E-state index < -0.39 is 0 Å². The van der Waals surface area contributed by atoms with Gasteiger partial charge in [-0.05, 0) is 20.3 Å². The summed E-state index contributed by atoms with van der Waals surface area (Å²) in [5.41, 5.74) is 1.81. The van der Waals surface area contributed by atoms with E-state index in [4.69, 9.17) is 0 Å². The zero-order valence-electron chi connectivity index (χ0n) is 13.9. The third-order valence-corrected chi connectivity index (χ3v) is 3.29. The molecule has 0 spiro atoms. The molecule has 0 bridgehead atoms. The summed E-state index contributed by atoms with van der Waals surface area (Å²) in [4.78, 5) is 27.7. The molecule has 2 aromatic rings. The summed E-state index contributed by atoms with van der Waals surface area (Å²) in [6.07, 6.45) is 4.73. The summed E-state index contributed by atoms with van der Waals surface area (Å²) < 4.78 is 0. The van der Waals surface area contributed by atoms with Crippen molar-refractivity contribution in [3.8, 4) is 0 Å². The van der Waals surface area contributed by atoms with Crippen molar-refractivity contribution in [2.45, 2.75) is 40.0 Å². The highest BCUT2D eigenvalue weighted by molar-refractivity contribution is 5.90. The number of hydrogen-bond acceptors (Lipinski definition) is 5. The van der Waals surface area contributed by atoms with Gasteiger partial charge in [-0.2, -0.15) is 0 Å². The Labute approximate surface area is 136 Å². The van der Waals surface area contributed by atoms with E-state index in [1.165, 1.54) is 0 Å². The molecule has 0 aromatic carbocycles. The van der Waals surface area contributed by atoms with Crippen LogP contribution >= 0.6 is 0 Å². The number of aromatic amines is 1. The Morgan fingerprint density at radius 1 is 1.26 bits per heavy atom. The van der Waals surface area contributed by atoms with Crippen LogP contribution in [0.4, 0.5) is 5.82 Å². The summed E-state index contributed by atoms with van der Waals surface area (Å²) in [5, 5.41) is 6.03. The topological polar surface area (TPSA) is 95.6 Å². The average molecular weight is 316 g/mol. The number of unbranched alkanes of at least 4 members (excludes halogenated alkanes) is 1. The Morgan fingerprint density at radius 3 is 2.78 bits per heavy atom. The molecule has 7 nitrogen and oxygen atoms in total. The summed E-state index contributed by atoms with van der Waals surface area (Å²) in [6, 6.07) is 1.91. The van der Waals surface area contributed by atoms with Gasteiger partial charge in [-0.1, -0.05) is 13.3 Å². The molecule has 0 unspecified atom stereocenters. The average Bonchev–Trinajstić information content (AvgIpc) is 2.95. The van der Waals surface area contributed by atoms with Crippen LogP contribution in [0, 0.1) is 13.8 Å². The van der Waals surface area contributed by atoms with Gasteiger partial charge in [0.15, 0.2) is 5.82 Å². The number of aryl methyl sites for hydroxylation is 3. The van der Waals surface area contributed by atoms with Crippen LogP contribution in [0.2, 0.25) is 0 Å². The third kappa shape index (κ3) is 5.36. The highest BCUT2D eigenvalue weighted by atomic mass is 16.2. The second-order valence-corrected chi connectivity index (χ2v) is 5.51. The highest BCUT2D eigenvalue weighted by Gasteiger charge is 2.08. The Morgan fingerprint density at radius 2 is 2.09 bits per heavy atom. The SMILES string of the molecule is CCCCc1nc(C)cc(NCCNC(=O)c2ncc(C)[nH]2)n1. The van der Waals surface area contributed by atoms with Crippen molar-refractivity contribution in [1.29, 1.82) is 0 Å². The molecule has 2 aromatic heterocycles. The molecule has 124 valence electrons. The van der Waals surface area contributed by atoms with Gasteiger partial charge < -0.3 is 15.6 Å². The lowest BCUT2D eigenvalue weighted by Crippen LogP contribution is -2.29. The van der Waals surface area contributed by atoms with Crippen molar-refractivity contribution in [3.63, 3.8) is 0 Å². The van der Waals surface area contributed by atoms with Gasteiger partial charge in [-0.15, -0.1) is 0 Å². The van der Waals surface area contributed by atoms with Crippen LogP contribution in [0.25, 0.3) is 0 Å². The first-order chi connectivity index (χ1) is 11.1. The molecule has 23 heavy (non-hydrogen) atoms. The van der Waals surface area contributed by atoms with Crippen molar-refractivity contribution in [1.82, 2.24) is 25.3 Å². The van der Waals surface area contributed by atoms with E-state index in [2.05, 4.69) is 37.5 Å². The number of imidazole rings is 1. The van der Waals surface area contributed by atoms with Crippen LogP contribution in [-0.4, -0.2) is 38.9 Å². The van der Waals surface area contributed by atoms with Gasteiger partial charge in [0.05, 0.1) is 0 Å². The fraction of sp³-hybridized carbons (Fsp3) is 0.500. The summed E-state index contributed by atoms with van der Waals surface area (Å²) >= 11 is 0. The van der Waals surface area contributed by atoms with E-state index in [0.717, 1.165) is 42.3 Å². The second-order valence-electron chi connectivity index (χ2n) is 5.51. The summed E-state index contributed by atoms with van der Waals surface area (Å²) in [6.45, 7) is 7.06. The Bertz CT molecular complexity index is 652. The summed E-state index contributed by atoms with van der Waals surface area (Å²) in [5.74, 6) is 1.79. The zero-order valence-corrected chi connectivity index (χ0v) is 13.9. The first-order valence-electron chi connectivity index (χ1n) is 7.96. The molecule has 0 saturated carbocycles. The minimum Gasteiger partial charge on any atom is -0.368 e. The highest BCUT2D eigenvalue weighted by Crippen LogP contribution is 2.08.